The zero-order valence-electron chi connectivity index (χ0n) is 17.6. The van der Waals surface area contributed by atoms with Crippen molar-refractivity contribution < 1.29 is 4.79 Å². The third-order valence-electron chi connectivity index (χ3n) is 5.18. The molecule has 3 aromatic heterocycles. The molecule has 4 rings (SSSR count). The van der Waals surface area contributed by atoms with E-state index in [-0.39, 0.29) is 17.2 Å². The van der Waals surface area contributed by atoms with Gasteiger partial charge in [-0.1, -0.05) is 42.1 Å². The van der Waals surface area contributed by atoms with Gasteiger partial charge in [0.1, 0.15) is 4.83 Å². The van der Waals surface area contributed by atoms with Gasteiger partial charge in [-0.2, -0.15) is 0 Å². The zero-order valence-corrected chi connectivity index (χ0v) is 20.1. The second-order valence-electron chi connectivity index (χ2n) is 7.22. The summed E-state index contributed by atoms with van der Waals surface area (Å²) < 4.78 is 1.67. The smallest absolute Gasteiger partial charge is 0.263 e. The highest BCUT2D eigenvalue weighted by atomic mass is 32.2. The summed E-state index contributed by atoms with van der Waals surface area (Å²) in [5, 5.41) is 5.27. The summed E-state index contributed by atoms with van der Waals surface area (Å²) in [6, 6.07) is 12.1. The molecule has 3 heterocycles. The van der Waals surface area contributed by atoms with E-state index < -0.39 is 0 Å². The first-order valence-corrected chi connectivity index (χ1v) is 12.7. The average Bonchev–Trinajstić information content (AvgIpc) is 3.43. The van der Waals surface area contributed by atoms with Gasteiger partial charge < -0.3 is 4.90 Å². The minimum Gasteiger partial charge on any atom is -0.341 e. The second-order valence-corrected chi connectivity index (χ2v) is 9.96. The van der Waals surface area contributed by atoms with Gasteiger partial charge in [-0.25, -0.2) is 4.98 Å². The summed E-state index contributed by atoms with van der Waals surface area (Å²) in [6.45, 7) is 5.06. The molecule has 1 amide bonds. The summed E-state index contributed by atoms with van der Waals surface area (Å²) in [5.41, 5.74) is 3.20. The standard InChI is InChI=1S/C23H23N3O2S3/c1-4-26-22(28)20-17(18-10-7-11-29-18)13-30-21(20)24-23(26)31-14-19(27)25(3)12-16-9-6-5-8-15(16)2/h5-11,13H,4,12,14H2,1-3H3. The van der Waals surface area contributed by atoms with E-state index in [1.54, 1.807) is 20.8 Å². The van der Waals surface area contributed by atoms with Crippen LogP contribution >= 0.6 is 34.4 Å². The van der Waals surface area contributed by atoms with Crippen LogP contribution in [-0.2, 0) is 17.9 Å². The number of nitrogens with zero attached hydrogens (tertiary/aromatic N) is 3. The van der Waals surface area contributed by atoms with Gasteiger partial charge in [-0.05, 0) is 36.4 Å². The lowest BCUT2D eigenvalue weighted by Gasteiger charge is -2.18. The molecule has 0 fully saturated rings. The van der Waals surface area contributed by atoms with Crippen molar-refractivity contribution in [2.45, 2.75) is 32.1 Å². The normalized spacial score (nSPS) is 11.2. The van der Waals surface area contributed by atoms with E-state index >= 15 is 0 Å². The number of fused-ring (bicyclic) bond motifs is 1. The number of benzene rings is 1. The average molecular weight is 470 g/mol. The molecule has 8 heteroatoms. The lowest BCUT2D eigenvalue weighted by Crippen LogP contribution is -2.29. The fourth-order valence-electron chi connectivity index (χ4n) is 3.38. The Labute approximate surface area is 193 Å². The highest BCUT2D eigenvalue weighted by Gasteiger charge is 2.19. The van der Waals surface area contributed by atoms with Gasteiger partial charge in [0.05, 0.1) is 11.1 Å². The van der Waals surface area contributed by atoms with E-state index in [0.29, 0.717) is 23.6 Å². The van der Waals surface area contributed by atoms with Crippen LogP contribution in [0.1, 0.15) is 18.1 Å². The maximum Gasteiger partial charge on any atom is 0.263 e. The molecular weight excluding hydrogens is 446 g/mol. The Bertz CT molecular complexity index is 1280. The van der Waals surface area contributed by atoms with Gasteiger partial charge >= 0.3 is 0 Å². The van der Waals surface area contributed by atoms with Gasteiger partial charge in [0.2, 0.25) is 5.91 Å². The number of rotatable bonds is 7. The van der Waals surface area contributed by atoms with E-state index in [2.05, 4.69) is 0 Å². The number of aryl methyl sites for hydroxylation is 1. The number of amides is 1. The molecule has 0 unspecified atom stereocenters. The van der Waals surface area contributed by atoms with Gasteiger partial charge in [0, 0.05) is 36.0 Å². The van der Waals surface area contributed by atoms with Crippen LogP contribution in [0.4, 0.5) is 0 Å². The first-order valence-electron chi connectivity index (χ1n) is 9.96. The number of thioether (sulfide) groups is 1. The molecule has 0 spiro atoms. The summed E-state index contributed by atoms with van der Waals surface area (Å²) in [7, 11) is 1.81. The molecular formula is C23H23N3O2S3. The van der Waals surface area contributed by atoms with Crippen molar-refractivity contribution in [3.63, 3.8) is 0 Å². The van der Waals surface area contributed by atoms with E-state index in [1.165, 1.54) is 28.7 Å². The number of carbonyl (C=O) groups is 1. The number of hydrogen-bond donors (Lipinski definition) is 0. The highest BCUT2D eigenvalue weighted by Crippen LogP contribution is 2.34. The molecule has 4 aromatic rings. The Hall–Kier alpha value is -2.42. The first-order chi connectivity index (χ1) is 15.0. The number of hydrogen-bond acceptors (Lipinski definition) is 6. The zero-order chi connectivity index (χ0) is 22.0. The van der Waals surface area contributed by atoms with Crippen molar-refractivity contribution in [3.8, 4) is 10.4 Å². The largest absolute Gasteiger partial charge is 0.341 e. The maximum absolute atomic E-state index is 13.2. The third kappa shape index (κ3) is 4.46. The van der Waals surface area contributed by atoms with E-state index in [4.69, 9.17) is 4.98 Å². The van der Waals surface area contributed by atoms with Gasteiger partial charge in [0.15, 0.2) is 5.16 Å². The fraction of sp³-hybridized carbons (Fsp3) is 0.261. The summed E-state index contributed by atoms with van der Waals surface area (Å²) in [5.74, 6) is 0.249. The summed E-state index contributed by atoms with van der Waals surface area (Å²) >= 11 is 4.42. The van der Waals surface area contributed by atoms with Crippen LogP contribution in [0.3, 0.4) is 0 Å². The monoisotopic (exact) mass is 469 g/mol. The second kappa shape index (κ2) is 9.38. The molecule has 1 aromatic carbocycles. The predicted molar refractivity (Wildman–Crippen MR) is 131 cm³/mol. The van der Waals surface area contributed by atoms with Crippen molar-refractivity contribution >= 4 is 50.6 Å². The molecule has 0 saturated carbocycles. The summed E-state index contributed by atoms with van der Waals surface area (Å²) in [4.78, 5) is 34.2. The van der Waals surface area contributed by atoms with Crippen LogP contribution in [0.25, 0.3) is 20.7 Å². The van der Waals surface area contributed by atoms with Crippen molar-refractivity contribution in [2.24, 2.45) is 0 Å². The lowest BCUT2D eigenvalue weighted by atomic mass is 10.1. The maximum atomic E-state index is 13.2. The van der Waals surface area contributed by atoms with Gasteiger partial charge in [-0.3, -0.25) is 14.2 Å². The van der Waals surface area contributed by atoms with Crippen molar-refractivity contribution in [3.05, 3.63) is 68.6 Å². The first kappa shape index (κ1) is 21.8. The fourth-order valence-corrected chi connectivity index (χ4v) is 6.18. The molecule has 0 aliphatic rings. The molecule has 160 valence electrons. The molecule has 0 atom stereocenters. The molecule has 0 aliphatic heterocycles. The number of thiophene rings is 2. The van der Waals surface area contributed by atoms with Gasteiger partial charge in [-0.15, -0.1) is 22.7 Å². The predicted octanol–water partition coefficient (Wildman–Crippen LogP) is 5.27. The van der Waals surface area contributed by atoms with Crippen LogP contribution in [0, 0.1) is 6.92 Å². The van der Waals surface area contributed by atoms with Gasteiger partial charge in [0.25, 0.3) is 5.56 Å². The summed E-state index contributed by atoms with van der Waals surface area (Å²) in [6.07, 6.45) is 0. The molecule has 0 N–H and O–H groups in total. The Morgan fingerprint density at radius 2 is 2.00 bits per heavy atom. The molecule has 0 radical (unpaired) electrons. The third-order valence-corrected chi connectivity index (χ3v) is 7.92. The molecule has 0 aliphatic carbocycles. The van der Waals surface area contributed by atoms with Crippen LogP contribution in [0.15, 0.2) is 57.1 Å². The minimum absolute atomic E-state index is 0.00991. The Balaban J connectivity index is 1.55. The molecule has 31 heavy (non-hydrogen) atoms. The van der Waals surface area contributed by atoms with Crippen LogP contribution in [-0.4, -0.2) is 33.2 Å². The Morgan fingerprint density at radius 3 is 2.71 bits per heavy atom. The molecule has 0 bridgehead atoms. The highest BCUT2D eigenvalue weighted by molar-refractivity contribution is 7.99. The topological polar surface area (TPSA) is 55.2 Å². The lowest BCUT2D eigenvalue weighted by molar-refractivity contribution is -0.127. The molecule has 0 saturated heterocycles. The number of aromatic nitrogens is 2. The van der Waals surface area contributed by atoms with Crippen LogP contribution in [0.5, 0.6) is 0 Å². The van der Waals surface area contributed by atoms with E-state index in [0.717, 1.165) is 20.8 Å². The minimum atomic E-state index is -0.0413. The Kier molecular flexibility index (Phi) is 6.60. The van der Waals surface area contributed by atoms with Crippen LogP contribution < -0.4 is 5.56 Å². The SMILES string of the molecule is CCn1c(SCC(=O)N(C)Cc2ccccc2C)nc2scc(-c3cccs3)c2c1=O. The quantitative estimate of drug-likeness (QED) is 0.273. The van der Waals surface area contributed by atoms with Crippen molar-refractivity contribution in [2.75, 3.05) is 12.8 Å². The van der Waals surface area contributed by atoms with Crippen molar-refractivity contribution in [1.29, 1.82) is 0 Å². The molecule has 5 nitrogen and oxygen atoms in total. The van der Waals surface area contributed by atoms with Crippen molar-refractivity contribution in [1.82, 2.24) is 14.5 Å². The van der Waals surface area contributed by atoms with Crippen LogP contribution in [0.2, 0.25) is 0 Å². The van der Waals surface area contributed by atoms with E-state index in [1.807, 2.05) is 68.1 Å². The van der Waals surface area contributed by atoms with E-state index in [9.17, 15) is 9.59 Å². The number of carbonyl (C=O) groups excluding carboxylic acids is 1. The Morgan fingerprint density at radius 1 is 1.19 bits per heavy atom.